The molecular formula is C46H43N5O13. The number of rotatable bonds is 19. The van der Waals surface area contributed by atoms with Crippen LogP contribution in [0.3, 0.4) is 0 Å². The molecule has 0 bridgehead atoms. The first-order valence-electron chi connectivity index (χ1n) is 20.0. The number of benzene rings is 4. The van der Waals surface area contributed by atoms with E-state index in [-0.39, 0.29) is 23.6 Å². The number of nitrogens with zero attached hydrogens (tertiary/aromatic N) is 4. The average molecular weight is 874 g/mol. The second kappa shape index (κ2) is 20.0. The smallest absolute Gasteiger partial charge is 0.306 e. The number of nitrogens with one attached hydrogen (secondary N) is 1. The number of anilines is 1. The number of methoxy groups -OCH3 is 2. The summed E-state index contributed by atoms with van der Waals surface area (Å²) in [7, 11) is 3.10. The van der Waals surface area contributed by atoms with Gasteiger partial charge in [0.15, 0.2) is 35.4 Å². The lowest BCUT2D eigenvalue weighted by Gasteiger charge is -2.37. The molecule has 6 aromatic rings. The molecule has 0 radical (unpaired) electrons. The van der Waals surface area contributed by atoms with Gasteiger partial charge in [-0.15, -0.1) is 0 Å². The third-order valence-electron chi connectivity index (χ3n) is 10.4. The third kappa shape index (κ3) is 9.83. The fraction of sp³-hybridized carbons (Fsp3) is 0.261. The Bertz CT molecular complexity index is 2540. The predicted molar refractivity (Wildman–Crippen MR) is 225 cm³/mol. The minimum Gasteiger partial charge on any atom is -0.497 e. The maximum atomic E-state index is 13.4. The highest BCUT2D eigenvalue weighted by atomic mass is 16.7. The summed E-state index contributed by atoms with van der Waals surface area (Å²) in [6, 6.07) is 32.3. The standard InChI is InChI=1S/C46H43N5O13/c1-59-32-17-13-30(14-18-32)46(29-11-7-4-8-12-29,31-15-19-33(60-2)20-16-31)61-25-34-40(63-37(56)23-21-35(52)53)41(64-38(57)24-22-36(54)55)45(62-34)51-27-49-39-42(47-26-48-43(39)51)50-44(58)28-9-5-3-6-10-28/h3-20,26-27,34,40-41,45H,21-25H2,1-2H3,(H,52,53)(H,54,55)(H,47,48,50,58)/t34-,40-,41-,45-/m1/s1. The van der Waals surface area contributed by atoms with Gasteiger partial charge >= 0.3 is 23.9 Å². The van der Waals surface area contributed by atoms with E-state index in [1.807, 2.05) is 54.6 Å². The van der Waals surface area contributed by atoms with Gasteiger partial charge in [0.1, 0.15) is 29.5 Å². The number of hydrogen-bond donors (Lipinski definition) is 3. The lowest BCUT2D eigenvalue weighted by molar-refractivity contribution is -0.170. The summed E-state index contributed by atoms with van der Waals surface area (Å²) in [4.78, 5) is 76.2. The van der Waals surface area contributed by atoms with Crippen molar-refractivity contribution in [1.29, 1.82) is 0 Å². The first-order chi connectivity index (χ1) is 31.0. The molecule has 0 unspecified atom stereocenters. The van der Waals surface area contributed by atoms with Gasteiger partial charge in [0, 0.05) is 5.56 Å². The molecular weight excluding hydrogens is 831 g/mol. The molecule has 0 aliphatic carbocycles. The lowest BCUT2D eigenvalue weighted by Crippen LogP contribution is -2.43. The molecule has 7 rings (SSSR count). The Morgan fingerprint density at radius 1 is 0.672 bits per heavy atom. The highest BCUT2D eigenvalue weighted by Gasteiger charge is 2.52. The molecule has 0 spiro atoms. The maximum Gasteiger partial charge on any atom is 0.306 e. The van der Waals surface area contributed by atoms with E-state index in [4.69, 9.17) is 28.4 Å². The highest BCUT2D eigenvalue weighted by molar-refractivity contribution is 6.06. The van der Waals surface area contributed by atoms with Crippen LogP contribution in [0.15, 0.2) is 122 Å². The Kier molecular flexibility index (Phi) is 13.9. The fourth-order valence-electron chi connectivity index (χ4n) is 7.35. The summed E-state index contributed by atoms with van der Waals surface area (Å²) in [5.41, 5.74) is 1.21. The monoisotopic (exact) mass is 873 g/mol. The van der Waals surface area contributed by atoms with Crippen LogP contribution in [-0.4, -0.2) is 98.7 Å². The van der Waals surface area contributed by atoms with Gasteiger partial charge in [-0.3, -0.25) is 28.5 Å². The summed E-state index contributed by atoms with van der Waals surface area (Å²) in [5, 5.41) is 21.5. The summed E-state index contributed by atoms with van der Waals surface area (Å²) in [6.45, 7) is -0.358. The maximum absolute atomic E-state index is 13.4. The Balaban J connectivity index is 1.33. The first-order valence-corrected chi connectivity index (χ1v) is 20.0. The molecule has 18 heteroatoms. The number of amides is 1. The minimum absolute atomic E-state index is 0.0498. The van der Waals surface area contributed by atoms with Gasteiger partial charge in [-0.25, -0.2) is 15.0 Å². The zero-order valence-corrected chi connectivity index (χ0v) is 34.6. The van der Waals surface area contributed by atoms with Crippen LogP contribution in [0.1, 0.15) is 59.0 Å². The van der Waals surface area contributed by atoms with E-state index in [0.717, 1.165) is 0 Å². The van der Waals surface area contributed by atoms with Crippen molar-refractivity contribution in [2.45, 2.75) is 55.8 Å². The van der Waals surface area contributed by atoms with E-state index >= 15 is 0 Å². The van der Waals surface area contributed by atoms with E-state index < -0.39 is 85.6 Å². The van der Waals surface area contributed by atoms with Crippen LogP contribution in [0.5, 0.6) is 11.5 Å². The normalized spacial score (nSPS) is 17.0. The number of carboxylic acids is 2. The first kappa shape index (κ1) is 44.4. The van der Waals surface area contributed by atoms with Crippen molar-refractivity contribution in [2.24, 2.45) is 0 Å². The van der Waals surface area contributed by atoms with Gasteiger partial charge in [0.25, 0.3) is 5.91 Å². The number of carbonyl (C=O) groups is 5. The van der Waals surface area contributed by atoms with Crippen molar-refractivity contribution < 1.29 is 62.6 Å². The highest BCUT2D eigenvalue weighted by Crippen LogP contribution is 2.44. The summed E-state index contributed by atoms with van der Waals surface area (Å²) >= 11 is 0. The molecule has 0 saturated carbocycles. The molecule has 4 aromatic carbocycles. The van der Waals surface area contributed by atoms with Gasteiger partial charge < -0.3 is 44.0 Å². The summed E-state index contributed by atoms with van der Waals surface area (Å²) < 4.78 is 38.0. The Morgan fingerprint density at radius 2 is 1.20 bits per heavy atom. The van der Waals surface area contributed by atoms with Crippen LogP contribution >= 0.6 is 0 Å². The zero-order chi connectivity index (χ0) is 45.2. The van der Waals surface area contributed by atoms with Crippen molar-refractivity contribution in [3.63, 3.8) is 0 Å². The van der Waals surface area contributed by atoms with Crippen LogP contribution in [0, 0.1) is 0 Å². The van der Waals surface area contributed by atoms with E-state index in [0.29, 0.717) is 33.8 Å². The molecule has 3 N–H and O–H groups in total. The quantitative estimate of drug-likeness (QED) is 0.0668. The van der Waals surface area contributed by atoms with Gasteiger partial charge in [0.2, 0.25) is 0 Å². The number of aromatic nitrogens is 4. The van der Waals surface area contributed by atoms with E-state index in [1.54, 1.807) is 68.8 Å². The lowest BCUT2D eigenvalue weighted by atomic mass is 9.80. The van der Waals surface area contributed by atoms with Crippen molar-refractivity contribution in [3.8, 4) is 11.5 Å². The van der Waals surface area contributed by atoms with Gasteiger partial charge in [-0.05, 0) is 53.1 Å². The van der Waals surface area contributed by atoms with Crippen LogP contribution in [0.2, 0.25) is 0 Å². The molecule has 1 saturated heterocycles. The van der Waals surface area contributed by atoms with E-state index in [9.17, 15) is 34.2 Å². The Hall–Kier alpha value is -7.70. The van der Waals surface area contributed by atoms with Crippen molar-refractivity contribution >= 4 is 46.8 Å². The largest absolute Gasteiger partial charge is 0.497 e. The molecule has 330 valence electrons. The average Bonchev–Trinajstić information content (AvgIpc) is 3.90. The number of aliphatic carboxylic acids is 2. The molecule has 3 heterocycles. The fourth-order valence-corrected chi connectivity index (χ4v) is 7.35. The number of imidazole rings is 1. The Labute approximate surface area is 365 Å². The van der Waals surface area contributed by atoms with Crippen molar-refractivity contribution in [3.05, 3.63) is 144 Å². The number of ether oxygens (including phenoxy) is 6. The second-order valence-electron chi connectivity index (χ2n) is 14.4. The molecule has 2 aromatic heterocycles. The SMILES string of the molecule is COc1ccc(C(OC[C@H]2O[C@@H](n3cnc4c(NC(=O)c5ccccc5)ncnc43)[C@H](OC(=O)CCC(=O)O)[C@@H]2OC(=O)CCC(=O)O)(c2ccccc2)c2ccc(OC)cc2)cc1. The van der Waals surface area contributed by atoms with Crippen LogP contribution < -0.4 is 14.8 Å². The van der Waals surface area contributed by atoms with Crippen LogP contribution in [0.25, 0.3) is 11.2 Å². The number of esters is 2. The van der Waals surface area contributed by atoms with Gasteiger partial charge in [-0.1, -0.05) is 72.8 Å². The molecule has 18 nitrogen and oxygen atoms in total. The topological polar surface area (TPSA) is 237 Å². The molecule has 1 aliphatic rings. The van der Waals surface area contributed by atoms with Crippen LogP contribution in [0.4, 0.5) is 5.82 Å². The summed E-state index contributed by atoms with van der Waals surface area (Å²) in [5.74, 6) is -3.66. The molecule has 4 atom stereocenters. The molecule has 1 aliphatic heterocycles. The number of hydrogen-bond acceptors (Lipinski definition) is 14. The van der Waals surface area contributed by atoms with Crippen molar-refractivity contribution in [2.75, 3.05) is 26.1 Å². The van der Waals surface area contributed by atoms with Crippen LogP contribution in [-0.2, 0) is 43.7 Å². The van der Waals surface area contributed by atoms with E-state index in [1.165, 1.54) is 17.2 Å². The van der Waals surface area contributed by atoms with Gasteiger partial charge in [-0.2, -0.15) is 0 Å². The molecule has 1 fully saturated rings. The number of carbonyl (C=O) groups excluding carboxylic acids is 3. The third-order valence-corrected chi connectivity index (χ3v) is 10.4. The van der Waals surface area contributed by atoms with Crippen molar-refractivity contribution in [1.82, 2.24) is 19.5 Å². The predicted octanol–water partition coefficient (Wildman–Crippen LogP) is 5.56. The molecule has 64 heavy (non-hydrogen) atoms. The minimum atomic E-state index is -1.51. The summed E-state index contributed by atoms with van der Waals surface area (Å²) in [6.07, 6.45) is -5.33. The molecule has 1 amide bonds. The number of fused-ring (bicyclic) bond motifs is 1. The van der Waals surface area contributed by atoms with E-state index in [2.05, 4.69) is 20.3 Å². The van der Waals surface area contributed by atoms with Gasteiger partial charge in [0.05, 0.1) is 52.8 Å². The number of carboxylic acid groups (broad SMARTS) is 2. The zero-order valence-electron chi connectivity index (χ0n) is 34.6. The Morgan fingerprint density at radius 3 is 1.75 bits per heavy atom. The second-order valence-corrected chi connectivity index (χ2v) is 14.4.